The van der Waals surface area contributed by atoms with E-state index in [1.54, 1.807) is 23.1 Å². The van der Waals surface area contributed by atoms with Gasteiger partial charge in [0.25, 0.3) is 5.91 Å². The highest BCUT2D eigenvalue weighted by Gasteiger charge is 2.17. The Kier molecular flexibility index (Phi) is 5.22. The lowest BCUT2D eigenvalue weighted by molar-refractivity contribution is 0.102. The highest BCUT2D eigenvalue weighted by molar-refractivity contribution is 7.15. The van der Waals surface area contributed by atoms with E-state index in [1.165, 1.54) is 23.5 Å². The molecule has 0 unspecified atom stereocenters. The van der Waals surface area contributed by atoms with Crippen LogP contribution in [0.1, 0.15) is 32.1 Å². The van der Waals surface area contributed by atoms with Crippen LogP contribution in [-0.4, -0.2) is 20.7 Å². The molecule has 146 valence electrons. The number of carbonyl (C=O) groups excluding carboxylic acids is 1. The van der Waals surface area contributed by atoms with E-state index in [9.17, 15) is 9.18 Å². The standard InChI is InChI=1S/C22H19FN4OS/c1-14-6-3-4-9-20(14)27-15(2)19(13-25-27)21(28)26-22-24-12-18(29-22)11-16-7-5-8-17(23)10-16/h3-10,12-13H,11H2,1-2H3,(H,24,26,28). The molecule has 5 nitrogen and oxygen atoms in total. The Morgan fingerprint density at radius 3 is 2.76 bits per heavy atom. The van der Waals surface area contributed by atoms with Gasteiger partial charge in [0, 0.05) is 17.5 Å². The first-order valence-electron chi connectivity index (χ1n) is 9.12. The van der Waals surface area contributed by atoms with Crippen molar-refractivity contribution >= 4 is 22.4 Å². The highest BCUT2D eigenvalue weighted by Crippen LogP contribution is 2.23. The Morgan fingerprint density at radius 1 is 1.14 bits per heavy atom. The largest absolute Gasteiger partial charge is 0.298 e. The van der Waals surface area contributed by atoms with Crippen molar-refractivity contribution in [1.29, 1.82) is 0 Å². The molecule has 29 heavy (non-hydrogen) atoms. The molecule has 1 amide bonds. The second-order valence-electron chi connectivity index (χ2n) is 6.73. The number of nitrogens with one attached hydrogen (secondary N) is 1. The average molecular weight is 406 g/mol. The van der Waals surface area contributed by atoms with Gasteiger partial charge in [-0.25, -0.2) is 14.1 Å². The first-order chi connectivity index (χ1) is 14.0. The van der Waals surface area contributed by atoms with Gasteiger partial charge >= 0.3 is 0 Å². The minimum Gasteiger partial charge on any atom is -0.298 e. The molecule has 0 aliphatic heterocycles. The molecule has 0 atom stereocenters. The van der Waals surface area contributed by atoms with Gasteiger partial charge in [0.05, 0.1) is 23.1 Å². The quantitative estimate of drug-likeness (QED) is 0.511. The number of hydrogen-bond donors (Lipinski definition) is 1. The number of anilines is 1. The Morgan fingerprint density at radius 2 is 1.97 bits per heavy atom. The van der Waals surface area contributed by atoms with Crippen molar-refractivity contribution in [2.45, 2.75) is 20.3 Å². The van der Waals surface area contributed by atoms with Gasteiger partial charge in [-0.05, 0) is 43.2 Å². The topological polar surface area (TPSA) is 59.8 Å². The van der Waals surface area contributed by atoms with Crippen LogP contribution in [0.15, 0.2) is 60.9 Å². The van der Waals surface area contributed by atoms with E-state index in [0.29, 0.717) is 17.1 Å². The summed E-state index contributed by atoms with van der Waals surface area (Å²) in [5.41, 5.74) is 4.13. The number of benzene rings is 2. The maximum absolute atomic E-state index is 13.3. The van der Waals surface area contributed by atoms with Crippen LogP contribution in [-0.2, 0) is 6.42 Å². The van der Waals surface area contributed by atoms with Gasteiger partial charge < -0.3 is 0 Å². The minimum absolute atomic E-state index is 0.256. The van der Waals surface area contributed by atoms with Gasteiger partial charge in [-0.2, -0.15) is 5.10 Å². The molecule has 4 rings (SSSR count). The van der Waals surface area contributed by atoms with Crippen LogP contribution in [0.5, 0.6) is 0 Å². The molecule has 0 spiro atoms. The van der Waals surface area contributed by atoms with E-state index < -0.39 is 0 Å². The fourth-order valence-corrected chi connectivity index (χ4v) is 3.98. The van der Waals surface area contributed by atoms with E-state index in [0.717, 1.165) is 27.4 Å². The second kappa shape index (κ2) is 7.97. The van der Waals surface area contributed by atoms with Crippen molar-refractivity contribution in [3.63, 3.8) is 0 Å². The van der Waals surface area contributed by atoms with E-state index >= 15 is 0 Å². The third kappa shape index (κ3) is 4.09. The van der Waals surface area contributed by atoms with E-state index in [-0.39, 0.29) is 11.7 Å². The maximum atomic E-state index is 13.3. The molecule has 4 aromatic rings. The number of hydrogen-bond acceptors (Lipinski definition) is 4. The Bertz CT molecular complexity index is 1180. The van der Waals surface area contributed by atoms with Crippen LogP contribution in [0.2, 0.25) is 0 Å². The number of rotatable bonds is 5. The molecule has 0 saturated carbocycles. The maximum Gasteiger partial charge on any atom is 0.260 e. The molecule has 1 N–H and O–H groups in total. The fourth-order valence-electron chi connectivity index (χ4n) is 3.14. The van der Waals surface area contributed by atoms with Crippen molar-refractivity contribution in [2.24, 2.45) is 0 Å². The van der Waals surface area contributed by atoms with Gasteiger partial charge in [-0.1, -0.05) is 30.3 Å². The molecule has 2 aromatic heterocycles. The summed E-state index contributed by atoms with van der Waals surface area (Å²) in [4.78, 5) is 17.9. The number of para-hydroxylation sites is 1. The second-order valence-corrected chi connectivity index (χ2v) is 7.85. The first kappa shape index (κ1) is 19.0. The summed E-state index contributed by atoms with van der Waals surface area (Å²) in [6, 6.07) is 14.4. The van der Waals surface area contributed by atoms with Crippen molar-refractivity contribution in [2.75, 3.05) is 5.32 Å². The predicted octanol–water partition coefficient (Wildman–Crippen LogP) is 4.93. The number of aryl methyl sites for hydroxylation is 1. The zero-order chi connectivity index (χ0) is 20.4. The third-order valence-corrected chi connectivity index (χ3v) is 5.55. The molecule has 0 saturated heterocycles. The lowest BCUT2D eigenvalue weighted by Crippen LogP contribution is -2.13. The van der Waals surface area contributed by atoms with Gasteiger partial charge in [0.15, 0.2) is 5.13 Å². The SMILES string of the molecule is Cc1ccccc1-n1ncc(C(=O)Nc2ncc(Cc3cccc(F)c3)s2)c1C. The fraction of sp³-hybridized carbons (Fsp3) is 0.136. The number of amides is 1. The monoisotopic (exact) mass is 406 g/mol. The number of thiazole rings is 1. The Hall–Kier alpha value is -3.32. The van der Waals surface area contributed by atoms with Crippen LogP contribution in [0.3, 0.4) is 0 Å². The zero-order valence-electron chi connectivity index (χ0n) is 16.0. The summed E-state index contributed by atoms with van der Waals surface area (Å²) in [5, 5.41) is 7.72. The molecule has 0 bridgehead atoms. The van der Waals surface area contributed by atoms with Gasteiger partial charge in [-0.15, -0.1) is 11.3 Å². The molecule has 0 fully saturated rings. The number of aromatic nitrogens is 3. The molecular formula is C22H19FN4OS. The molecule has 0 aliphatic carbocycles. The lowest BCUT2D eigenvalue weighted by Gasteiger charge is -2.08. The molecular weight excluding hydrogens is 387 g/mol. The van der Waals surface area contributed by atoms with E-state index in [1.807, 2.05) is 44.2 Å². The third-order valence-electron chi connectivity index (χ3n) is 4.64. The zero-order valence-corrected chi connectivity index (χ0v) is 16.8. The van der Waals surface area contributed by atoms with Gasteiger partial charge in [0.1, 0.15) is 5.82 Å². The molecule has 2 heterocycles. The smallest absolute Gasteiger partial charge is 0.260 e. The summed E-state index contributed by atoms with van der Waals surface area (Å²) in [6.07, 6.45) is 3.84. The van der Waals surface area contributed by atoms with Crippen molar-refractivity contribution < 1.29 is 9.18 Å². The number of nitrogens with zero attached hydrogens (tertiary/aromatic N) is 3. The van der Waals surface area contributed by atoms with Crippen molar-refractivity contribution in [3.8, 4) is 5.69 Å². The minimum atomic E-state index is -0.262. The molecule has 7 heteroatoms. The highest BCUT2D eigenvalue weighted by atomic mass is 32.1. The van der Waals surface area contributed by atoms with Crippen molar-refractivity contribution in [3.05, 3.63) is 94.0 Å². The summed E-state index contributed by atoms with van der Waals surface area (Å²) in [5.74, 6) is -0.518. The van der Waals surface area contributed by atoms with Crippen LogP contribution >= 0.6 is 11.3 Å². The van der Waals surface area contributed by atoms with E-state index in [4.69, 9.17) is 0 Å². The predicted molar refractivity (Wildman–Crippen MR) is 112 cm³/mol. The average Bonchev–Trinajstić information content (AvgIpc) is 3.28. The summed E-state index contributed by atoms with van der Waals surface area (Å²) < 4.78 is 15.1. The van der Waals surface area contributed by atoms with Crippen LogP contribution in [0.4, 0.5) is 9.52 Å². The van der Waals surface area contributed by atoms with Crippen molar-refractivity contribution in [1.82, 2.24) is 14.8 Å². The summed E-state index contributed by atoms with van der Waals surface area (Å²) >= 11 is 1.38. The van der Waals surface area contributed by atoms with Crippen LogP contribution < -0.4 is 5.32 Å². The lowest BCUT2D eigenvalue weighted by atomic mass is 10.1. The molecule has 0 aliphatic rings. The number of carbonyl (C=O) groups is 1. The van der Waals surface area contributed by atoms with Crippen LogP contribution in [0, 0.1) is 19.7 Å². The van der Waals surface area contributed by atoms with Gasteiger partial charge in [0.2, 0.25) is 0 Å². The number of halogens is 1. The molecule has 0 radical (unpaired) electrons. The van der Waals surface area contributed by atoms with E-state index in [2.05, 4.69) is 15.4 Å². The van der Waals surface area contributed by atoms with Crippen LogP contribution in [0.25, 0.3) is 5.69 Å². The normalized spacial score (nSPS) is 10.9. The molecule has 2 aromatic carbocycles. The van der Waals surface area contributed by atoms with Gasteiger partial charge in [-0.3, -0.25) is 10.1 Å². The first-order valence-corrected chi connectivity index (χ1v) is 9.94. The Balaban J connectivity index is 1.49. The Labute approximate surface area is 171 Å². The summed E-state index contributed by atoms with van der Waals surface area (Å²) in [7, 11) is 0. The summed E-state index contributed by atoms with van der Waals surface area (Å²) in [6.45, 7) is 3.87.